The van der Waals surface area contributed by atoms with E-state index in [1.807, 2.05) is 42.5 Å². The lowest BCUT2D eigenvalue weighted by Gasteiger charge is -2.26. The zero-order valence-corrected chi connectivity index (χ0v) is 16.5. The van der Waals surface area contributed by atoms with Crippen molar-refractivity contribution in [3.05, 3.63) is 71.0 Å². The van der Waals surface area contributed by atoms with Crippen LogP contribution in [-0.4, -0.2) is 46.0 Å². The highest BCUT2D eigenvalue weighted by Crippen LogP contribution is 2.28. The molecule has 0 spiro atoms. The maximum absolute atomic E-state index is 6.31. The van der Waals surface area contributed by atoms with Gasteiger partial charge in [0.2, 0.25) is 0 Å². The van der Waals surface area contributed by atoms with Crippen molar-refractivity contribution in [2.45, 2.75) is 17.5 Å². The van der Waals surface area contributed by atoms with Crippen LogP contribution in [0.5, 0.6) is 0 Å². The largest absolute Gasteiger partial charge is 0.379 e. The lowest BCUT2D eigenvalue weighted by Crippen LogP contribution is -2.36. The Morgan fingerprint density at radius 2 is 1.70 bits per heavy atom. The second kappa shape index (κ2) is 8.89. The van der Waals surface area contributed by atoms with E-state index >= 15 is 0 Å². The molecule has 27 heavy (non-hydrogen) atoms. The van der Waals surface area contributed by atoms with Gasteiger partial charge in [-0.2, -0.15) is 0 Å². The molecule has 7 heteroatoms. The average molecular weight is 401 g/mol. The summed E-state index contributed by atoms with van der Waals surface area (Å²) in [7, 11) is 0. The zero-order chi connectivity index (χ0) is 18.5. The molecule has 5 nitrogen and oxygen atoms in total. The number of ether oxygens (including phenoxy) is 1. The maximum atomic E-state index is 6.31. The molecule has 1 aromatic heterocycles. The van der Waals surface area contributed by atoms with Gasteiger partial charge in [0, 0.05) is 29.6 Å². The van der Waals surface area contributed by atoms with Crippen LogP contribution < -0.4 is 0 Å². The van der Waals surface area contributed by atoms with Gasteiger partial charge in [0.15, 0.2) is 11.0 Å². The van der Waals surface area contributed by atoms with E-state index in [-0.39, 0.29) is 0 Å². The molecule has 3 aromatic rings. The van der Waals surface area contributed by atoms with E-state index in [1.165, 1.54) is 0 Å². The molecule has 0 saturated carbocycles. The third kappa shape index (κ3) is 4.52. The van der Waals surface area contributed by atoms with Crippen LogP contribution in [0.4, 0.5) is 0 Å². The molecule has 0 bridgehead atoms. The Hall–Kier alpha value is -1.86. The molecule has 1 aliphatic rings. The Balaban J connectivity index is 1.59. The van der Waals surface area contributed by atoms with Gasteiger partial charge in [0.25, 0.3) is 0 Å². The van der Waals surface area contributed by atoms with Crippen LogP contribution in [0.1, 0.15) is 11.4 Å². The quantitative estimate of drug-likeness (QED) is 0.584. The summed E-state index contributed by atoms with van der Waals surface area (Å²) in [5.74, 6) is 1.70. The topological polar surface area (TPSA) is 43.2 Å². The molecule has 0 N–H and O–H groups in total. The summed E-state index contributed by atoms with van der Waals surface area (Å²) in [5, 5.41) is 10.6. The van der Waals surface area contributed by atoms with Crippen LogP contribution in [0, 0.1) is 0 Å². The van der Waals surface area contributed by atoms with Crippen LogP contribution in [0.3, 0.4) is 0 Å². The summed E-state index contributed by atoms with van der Waals surface area (Å²) in [6, 6.07) is 18.2. The van der Waals surface area contributed by atoms with E-state index in [9.17, 15) is 0 Å². The SMILES string of the molecule is Clc1ccccc1CSc1nnc(CN2CCOCC2)n1-c1ccccc1. The predicted octanol–water partition coefficient (Wildman–Crippen LogP) is 4.05. The smallest absolute Gasteiger partial charge is 0.196 e. The Kier molecular flexibility index (Phi) is 6.09. The molecule has 140 valence electrons. The molecule has 1 saturated heterocycles. The number of para-hydroxylation sites is 1. The highest BCUT2D eigenvalue weighted by Gasteiger charge is 2.19. The van der Waals surface area contributed by atoms with E-state index in [0.29, 0.717) is 0 Å². The second-order valence-electron chi connectivity index (χ2n) is 6.34. The highest BCUT2D eigenvalue weighted by atomic mass is 35.5. The zero-order valence-electron chi connectivity index (χ0n) is 14.9. The minimum atomic E-state index is 0.752. The molecule has 0 aliphatic carbocycles. The number of halogens is 1. The monoisotopic (exact) mass is 400 g/mol. The molecule has 0 atom stereocenters. The lowest BCUT2D eigenvalue weighted by molar-refractivity contribution is 0.0328. The van der Waals surface area contributed by atoms with Gasteiger partial charge in [0.05, 0.1) is 19.8 Å². The fourth-order valence-corrected chi connectivity index (χ4v) is 4.31. The Bertz CT molecular complexity index is 881. The van der Waals surface area contributed by atoms with Gasteiger partial charge in [0.1, 0.15) is 0 Å². The molecule has 0 unspecified atom stereocenters. The highest BCUT2D eigenvalue weighted by molar-refractivity contribution is 7.98. The number of rotatable bonds is 6. The normalized spacial score (nSPS) is 15.1. The van der Waals surface area contributed by atoms with Crippen LogP contribution in [-0.2, 0) is 17.0 Å². The van der Waals surface area contributed by atoms with E-state index < -0.39 is 0 Å². The fraction of sp³-hybridized carbons (Fsp3) is 0.300. The van der Waals surface area contributed by atoms with Crippen LogP contribution in [0.2, 0.25) is 5.02 Å². The fourth-order valence-electron chi connectivity index (χ4n) is 3.05. The van der Waals surface area contributed by atoms with Crippen LogP contribution in [0.25, 0.3) is 5.69 Å². The van der Waals surface area contributed by atoms with Gasteiger partial charge < -0.3 is 4.74 Å². The number of morpholine rings is 1. The van der Waals surface area contributed by atoms with Gasteiger partial charge in [-0.25, -0.2) is 0 Å². The number of nitrogens with zero attached hydrogens (tertiary/aromatic N) is 4. The number of benzene rings is 2. The van der Waals surface area contributed by atoms with Crippen molar-refractivity contribution < 1.29 is 4.74 Å². The summed E-state index contributed by atoms with van der Waals surface area (Å²) in [4.78, 5) is 2.36. The second-order valence-corrected chi connectivity index (χ2v) is 7.69. The standard InChI is InChI=1S/C20H21ClN4OS/c21-18-9-5-4-6-16(18)15-27-20-23-22-19(14-24-10-12-26-13-11-24)25(20)17-7-2-1-3-8-17/h1-9H,10-15H2. The first kappa shape index (κ1) is 18.5. The summed E-state index contributed by atoms with van der Waals surface area (Å²) in [6.45, 7) is 4.15. The average Bonchev–Trinajstić information content (AvgIpc) is 3.11. The van der Waals surface area contributed by atoms with Crippen molar-refractivity contribution >= 4 is 23.4 Å². The Labute approximate surface area is 168 Å². The van der Waals surface area contributed by atoms with E-state index in [0.717, 1.165) is 65.9 Å². The molecular weight excluding hydrogens is 380 g/mol. The van der Waals surface area contributed by atoms with Gasteiger partial charge in [-0.3, -0.25) is 9.47 Å². The van der Waals surface area contributed by atoms with Crippen molar-refractivity contribution in [2.24, 2.45) is 0 Å². The summed E-state index contributed by atoms with van der Waals surface area (Å²) in [6.07, 6.45) is 0. The van der Waals surface area contributed by atoms with Gasteiger partial charge in [-0.05, 0) is 23.8 Å². The number of thioether (sulfide) groups is 1. The first-order valence-corrected chi connectivity index (χ1v) is 10.3. The number of aromatic nitrogens is 3. The lowest BCUT2D eigenvalue weighted by atomic mass is 10.2. The summed E-state index contributed by atoms with van der Waals surface area (Å²) >= 11 is 7.96. The maximum Gasteiger partial charge on any atom is 0.196 e. The van der Waals surface area contributed by atoms with E-state index in [2.05, 4.69) is 31.8 Å². The minimum Gasteiger partial charge on any atom is -0.379 e. The molecule has 4 rings (SSSR count). The van der Waals surface area contributed by atoms with Crippen molar-refractivity contribution in [3.63, 3.8) is 0 Å². The number of hydrogen-bond acceptors (Lipinski definition) is 5. The van der Waals surface area contributed by atoms with E-state index in [1.54, 1.807) is 11.8 Å². The van der Waals surface area contributed by atoms with Crippen LogP contribution in [0.15, 0.2) is 59.8 Å². The third-order valence-corrected chi connectivity index (χ3v) is 5.84. The van der Waals surface area contributed by atoms with Gasteiger partial charge >= 0.3 is 0 Å². The Morgan fingerprint density at radius 1 is 0.963 bits per heavy atom. The molecule has 2 heterocycles. The first-order valence-electron chi connectivity index (χ1n) is 8.97. The summed E-state index contributed by atoms with van der Waals surface area (Å²) in [5.41, 5.74) is 2.17. The molecule has 0 amide bonds. The first-order chi connectivity index (χ1) is 13.3. The van der Waals surface area contributed by atoms with Crippen molar-refractivity contribution in [2.75, 3.05) is 26.3 Å². The van der Waals surface area contributed by atoms with E-state index in [4.69, 9.17) is 16.3 Å². The Morgan fingerprint density at radius 3 is 2.48 bits per heavy atom. The van der Waals surface area contributed by atoms with Crippen LogP contribution >= 0.6 is 23.4 Å². The van der Waals surface area contributed by atoms with Gasteiger partial charge in [-0.1, -0.05) is 59.8 Å². The molecule has 1 aliphatic heterocycles. The van der Waals surface area contributed by atoms with Crippen molar-refractivity contribution in [1.82, 2.24) is 19.7 Å². The number of hydrogen-bond donors (Lipinski definition) is 0. The summed E-state index contributed by atoms with van der Waals surface area (Å²) < 4.78 is 7.60. The van der Waals surface area contributed by atoms with Crippen molar-refractivity contribution in [1.29, 1.82) is 0 Å². The molecule has 1 fully saturated rings. The predicted molar refractivity (Wildman–Crippen MR) is 108 cm³/mol. The van der Waals surface area contributed by atoms with Crippen molar-refractivity contribution in [3.8, 4) is 5.69 Å². The minimum absolute atomic E-state index is 0.752. The van der Waals surface area contributed by atoms with Gasteiger partial charge in [-0.15, -0.1) is 10.2 Å². The molecular formula is C20H21ClN4OS. The third-order valence-electron chi connectivity index (χ3n) is 4.50. The molecule has 0 radical (unpaired) electrons. The molecule has 2 aromatic carbocycles.